The average Bonchev–Trinajstić information content (AvgIpc) is 2.95. The van der Waals surface area contributed by atoms with Crippen molar-refractivity contribution in [3.05, 3.63) is 0 Å². The average molecular weight is 601 g/mol. The maximum Gasteiger partial charge on any atom is 0.317 e. The molecule has 0 aromatic rings. The van der Waals surface area contributed by atoms with Crippen molar-refractivity contribution in [2.45, 2.75) is 69.6 Å². The maximum absolute atomic E-state index is 12.6. The highest BCUT2D eigenvalue weighted by atomic mass is 32.2. The molecule has 8 N–H and O–H groups in total. The van der Waals surface area contributed by atoms with Crippen molar-refractivity contribution in [3.8, 4) is 0 Å². The molecular formula is C26H44N6O8S. The molecule has 1 rings (SSSR count). The number of carboxylic acids is 1. The SMILES string of the molecule is CS[C@@H](CC(=O)NCC1CCC(C(=O)NCCCCC(NC(=O)CNC(=O)CNC(=O)CN)C(C)=O)CC1)C(=O)O. The molecule has 0 aromatic carbocycles. The Kier molecular flexibility index (Phi) is 17.3. The van der Waals surface area contributed by atoms with E-state index in [0.717, 1.165) is 24.6 Å². The zero-order valence-electron chi connectivity index (χ0n) is 23.8. The first-order chi connectivity index (χ1) is 19.5. The number of ketones is 1. The van der Waals surface area contributed by atoms with Gasteiger partial charge in [-0.25, -0.2) is 0 Å². The van der Waals surface area contributed by atoms with Gasteiger partial charge in [0.05, 0.1) is 25.7 Å². The van der Waals surface area contributed by atoms with Crippen LogP contribution in [0, 0.1) is 11.8 Å². The molecule has 2 atom stereocenters. The summed E-state index contributed by atoms with van der Waals surface area (Å²) in [5.74, 6) is -2.96. The number of Topliss-reactive ketones (excluding diaryl/α,β-unsaturated/α-hetero) is 1. The summed E-state index contributed by atoms with van der Waals surface area (Å²) in [6, 6.07) is -0.710. The number of hydrogen-bond donors (Lipinski definition) is 7. The Morgan fingerprint density at radius 1 is 0.854 bits per heavy atom. The fourth-order valence-corrected chi connectivity index (χ4v) is 4.86. The number of hydrogen-bond acceptors (Lipinski definition) is 9. The first-order valence-electron chi connectivity index (χ1n) is 13.8. The minimum absolute atomic E-state index is 0.0217. The molecule has 0 aromatic heterocycles. The second-order valence-corrected chi connectivity index (χ2v) is 11.1. The van der Waals surface area contributed by atoms with Crippen LogP contribution in [0.5, 0.6) is 0 Å². The molecule has 15 heteroatoms. The fraction of sp³-hybridized carbons (Fsp3) is 0.731. The molecule has 1 aliphatic rings. The van der Waals surface area contributed by atoms with Gasteiger partial charge in [0.1, 0.15) is 5.25 Å². The molecule has 14 nitrogen and oxygen atoms in total. The van der Waals surface area contributed by atoms with Gasteiger partial charge in [0.15, 0.2) is 5.78 Å². The van der Waals surface area contributed by atoms with Crippen LogP contribution in [0.1, 0.15) is 58.3 Å². The van der Waals surface area contributed by atoms with Gasteiger partial charge in [0.25, 0.3) is 0 Å². The zero-order chi connectivity index (χ0) is 30.8. The lowest BCUT2D eigenvalue weighted by atomic mass is 9.81. The molecule has 5 amide bonds. The molecule has 0 saturated heterocycles. The first kappa shape index (κ1) is 35.8. The Morgan fingerprint density at radius 3 is 2.07 bits per heavy atom. The lowest BCUT2D eigenvalue weighted by molar-refractivity contribution is -0.138. The van der Waals surface area contributed by atoms with Crippen molar-refractivity contribution in [2.75, 3.05) is 39.0 Å². The topological polar surface area (TPSA) is 226 Å². The summed E-state index contributed by atoms with van der Waals surface area (Å²) in [4.78, 5) is 82.4. The van der Waals surface area contributed by atoms with E-state index in [1.807, 2.05) is 0 Å². The standard InChI is InChI=1S/C26H44N6O8S/c1-16(33)19(32-24(37)15-31-23(36)14-30-22(35)12-27)5-3-4-10-28-25(38)18-8-6-17(7-9-18)13-29-21(34)11-20(41-2)26(39)40/h17-20H,3-15,27H2,1-2H3,(H,28,38)(H,29,34)(H,30,35)(H,31,36)(H,32,37)(H,39,40)/t17?,18?,19?,20-/m0/s1. The van der Waals surface area contributed by atoms with E-state index in [4.69, 9.17) is 10.8 Å². The van der Waals surface area contributed by atoms with Gasteiger partial charge in [-0.2, -0.15) is 0 Å². The number of unbranched alkanes of at least 4 members (excludes halogenated alkanes) is 1. The minimum atomic E-state index is -1.00. The van der Waals surface area contributed by atoms with Crippen LogP contribution in [0.4, 0.5) is 0 Å². The number of carbonyl (C=O) groups is 7. The summed E-state index contributed by atoms with van der Waals surface area (Å²) in [6.45, 7) is 1.39. The van der Waals surface area contributed by atoms with Crippen LogP contribution < -0.4 is 32.3 Å². The van der Waals surface area contributed by atoms with Crippen molar-refractivity contribution in [2.24, 2.45) is 17.6 Å². The van der Waals surface area contributed by atoms with Crippen LogP contribution in [-0.4, -0.2) is 96.7 Å². The van der Waals surface area contributed by atoms with E-state index in [0.29, 0.717) is 45.2 Å². The molecular weight excluding hydrogens is 556 g/mol. The van der Waals surface area contributed by atoms with Gasteiger partial charge >= 0.3 is 5.97 Å². The van der Waals surface area contributed by atoms with E-state index in [1.54, 1.807) is 6.26 Å². The smallest absolute Gasteiger partial charge is 0.317 e. The summed E-state index contributed by atoms with van der Waals surface area (Å²) in [5.41, 5.74) is 5.13. The second-order valence-electron chi connectivity index (χ2n) is 10.1. The summed E-state index contributed by atoms with van der Waals surface area (Å²) >= 11 is 1.13. The van der Waals surface area contributed by atoms with Gasteiger partial charge in [-0.05, 0) is 64.0 Å². The Balaban J connectivity index is 2.23. The summed E-state index contributed by atoms with van der Waals surface area (Å²) < 4.78 is 0. The van der Waals surface area contributed by atoms with E-state index in [1.165, 1.54) is 6.92 Å². The summed E-state index contributed by atoms with van der Waals surface area (Å²) in [7, 11) is 0. The van der Waals surface area contributed by atoms with E-state index in [-0.39, 0.29) is 55.5 Å². The van der Waals surface area contributed by atoms with Gasteiger partial charge in [0.2, 0.25) is 29.5 Å². The molecule has 41 heavy (non-hydrogen) atoms. The Labute approximate surface area is 244 Å². The predicted octanol–water partition coefficient (Wildman–Crippen LogP) is -1.33. The summed E-state index contributed by atoms with van der Waals surface area (Å²) in [5, 5.41) is 21.3. The van der Waals surface area contributed by atoms with Gasteiger partial charge in [0, 0.05) is 25.4 Å². The second kappa shape index (κ2) is 19.8. The number of carbonyl (C=O) groups excluding carboxylic acids is 6. The molecule has 232 valence electrons. The van der Waals surface area contributed by atoms with Crippen molar-refractivity contribution in [1.29, 1.82) is 0 Å². The number of amides is 5. The maximum atomic E-state index is 12.6. The lowest BCUT2D eigenvalue weighted by Gasteiger charge is -2.28. The number of nitrogens with two attached hydrogens (primary N) is 1. The lowest BCUT2D eigenvalue weighted by Crippen LogP contribution is -2.47. The monoisotopic (exact) mass is 600 g/mol. The zero-order valence-corrected chi connectivity index (χ0v) is 24.6. The number of carboxylic acid groups (broad SMARTS) is 1. The van der Waals surface area contributed by atoms with Gasteiger partial charge in [-0.1, -0.05) is 0 Å². The van der Waals surface area contributed by atoms with Gasteiger partial charge < -0.3 is 37.4 Å². The number of thioether (sulfide) groups is 1. The van der Waals surface area contributed by atoms with Crippen LogP contribution in [0.15, 0.2) is 0 Å². The van der Waals surface area contributed by atoms with Gasteiger partial charge in [-0.3, -0.25) is 33.6 Å². The third-order valence-electron chi connectivity index (χ3n) is 6.86. The number of rotatable bonds is 19. The predicted molar refractivity (Wildman–Crippen MR) is 153 cm³/mol. The first-order valence-corrected chi connectivity index (χ1v) is 15.1. The molecule has 0 aliphatic heterocycles. The van der Waals surface area contributed by atoms with E-state index < -0.39 is 35.0 Å². The summed E-state index contributed by atoms with van der Waals surface area (Å²) in [6.07, 6.45) is 6.21. The molecule has 1 aliphatic carbocycles. The Morgan fingerprint density at radius 2 is 1.49 bits per heavy atom. The van der Waals surface area contributed by atoms with Crippen LogP contribution >= 0.6 is 11.8 Å². The fourth-order valence-electron chi connectivity index (χ4n) is 4.34. The third kappa shape index (κ3) is 15.4. The van der Waals surface area contributed by atoms with E-state index in [2.05, 4.69) is 26.6 Å². The highest BCUT2D eigenvalue weighted by Crippen LogP contribution is 2.28. The van der Waals surface area contributed by atoms with Crippen LogP contribution in [0.25, 0.3) is 0 Å². The Bertz CT molecular complexity index is 926. The van der Waals surface area contributed by atoms with Crippen molar-refractivity contribution in [1.82, 2.24) is 26.6 Å². The molecule has 0 bridgehead atoms. The quantitative estimate of drug-likeness (QED) is 0.0864. The normalized spacial score (nSPS) is 17.8. The van der Waals surface area contributed by atoms with Gasteiger partial charge in [-0.15, -0.1) is 11.8 Å². The molecule has 0 radical (unpaired) electrons. The minimum Gasteiger partial charge on any atom is -0.480 e. The molecule has 1 saturated carbocycles. The molecule has 0 heterocycles. The van der Waals surface area contributed by atoms with E-state index in [9.17, 15) is 33.6 Å². The molecule has 1 unspecified atom stereocenters. The van der Waals surface area contributed by atoms with Crippen LogP contribution in [0.3, 0.4) is 0 Å². The van der Waals surface area contributed by atoms with Crippen LogP contribution in [-0.2, 0) is 33.6 Å². The number of aliphatic carboxylic acids is 1. The van der Waals surface area contributed by atoms with E-state index >= 15 is 0 Å². The largest absolute Gasteiger partial charge is 0.480 e. The van der Waals surface area contributed by atoms with Crippen LogP contribution in [0.2, 0.25) is 0 Å². The Hall–Kier alpha value is -3.20. The molecule has 0 spiro atoms. The third-order valence-corrected chi connectivity index (χ3v) is 7.80. The van der Waals surface area contributed by atoms with Crippen molar-refractivity contribution < 1.29 is 38.7 Å². The number of nitrogens with one attached hydrogen (secondary N) is 5. The molecule has 1 fully saturated rings. The highest BCUT2D eigenvalue weighted by Gasteiger charge is 2.27. The van der Waals surface area contributed by atoms with Crippen molar-refractivity contribution in [3.63, 3.8) is 0 Å². The highest BCUT2D eigenvalue weighted by molar-refractivity contribution is 7.99. The van der Waals surface area contributed by atoms with Crippen molar-refractivity contribution >= 4 is 53.1 Å².